The predicted molar refractivity (Wildman–Crippen MR) is 101 cm³/mol. The standard InChI is InChI=1S/C18H34O8S/c1-2-3-4-5-6-7-8-9-10-11-12-13-14-25-17(19)15-16(18(20)21)26-27(22,23)24/h16H,2-15H2,1H3,(H,20,21)(H,22,23,24). The van der Waals surface area contributed by atoms with E-state index in [0.29, 0.717) is 6.42 Å². The molecule has 0 heterocycles. The molecule has 0 aromatic carbocycles. The number of carbonyl (C=O) groups excluding carboxylic acids is 1. The van der Waals surface area contributed by atoms with Gasteiger partial charge >= 0.3 is 22.3 Å². The first-order valence-electron chi connectivity index (χ1n) is 9.80. The number of ether oxygens (including phenoxy) is 1. The maximum atomic E-state index is 11.5. The molecule has 2 N–H and O–H groups in total. The van der Waals surface area contributed by atoms with Gasteiger partial charge in [-0.3, -0.25) is 9.35 Å². The first-order valence-corrected chi connectivity index (χ1v) is 11.2. The normalized spacial score (nSPS) is 12.7. The molecule has 0 saturated carbocycles. The lowest BCUT2D eigenvalue weighted by Crippen LogP contribution is -2.30. The van der Waals surface area contributed by atoms with Crippen molar-refractivity contribution in [3.05, 3.63) is 0 Å². The summed E-state index contributed by atoms with van der Waals surface area (Å²) >= 11 is 0. The van der Waals surface area contributed by atoms with Crippen LogP contribution < -0.4 is 0 Å². The van der Waals surface area contributed by atoms with E-state index in [1.165, 1.54) is 51.4 Å². The molecular formula is C18H34O8S. The summed E-state index contributed by atoms with van der Waals surface area (Å²) in [5, 5.41) is 8.76. The van der Waals surface area contributed by atoms with Crippen molar-refractivity contribution >= 4 is 22.3 Å². The van der Waals surface area contributed by atoms with Crippen LogP contribution in [0.1, 0.15) is 90.4 Å². The molecule has 0 aliphatic rings. The molecule has 27 heavy (non-hydrogen) atoms. The van der Waals surface area contributed by atoms with E-state index in [1.807, 2.05) is 0 Å². The third kappa shape index (κ3) is 18.0. The fourth-order valence-corrected chi connectivity index (χ4v) is 3.09. The van der Waals surface area contributed by atoms with Crippen molar-refractivity contribution in [3.8, 4) is 0 Å². The molecule has 0 saturated heterocycles. The van der Waals surface area contributed by atoms with E-state index in [1.54, 1.807) is 0 Å². The van der Waals surface area contributed by atoms with Gasteiger partial charge in [-0.2, -0.15) is 8.42 Å². The number of rotatable bonds is 18. The Kier molecular flexibility index (Phi) is 15.1. The van der Waals surface area contributed by atoms with Gasteiger partial charge in [0.2, 0.25) is 0 Å². The van der Waals surface area contributed by atoms with Crippen molar-refractivity contribution in [1.82, 2.24) is 0 Å². The topological polar surface area (TPSA) is 127 Å². The maximum Gasteiger partial charge on any atom is 0.398 e. The molecule has 1 unspecified atom stereocenters. The zero-order chi connectivity index (χ0) is 20.5. The highest BCUT2D eigenvalue weighted by molar-refractivity contribution is 7.80. The van der Waals surface area contributed by atoms with Crippen LogP contribution in [0, 0.1) is 0 Å². The second kappa shape index (κ2) is 15.8. The number of carbonyl (C=O) groups is 2. The third-order valence-corrected chi connectivity index (χ3v) is 4.60. The zero-order valence-electron chi connectivity index (χ0n) is 16.2. The smallest absolute Gasteiger partial charge is 0.398 e. The molecular weight excluding hydrogens is 376 g/mol. The second-order valence-corrected chi connectivity index (χ2v) is 7.71. The number of carboxylic acids is 1. The largest absolute Gasteiger partial charge is 0.479 e. The van der Waals surface area contributed by atoms with Crippen molar-refractivity contribution in [2.24, 2.45) is 0 Å². The molecule has 8 nitrogen and oxygen atoms in total. The zero-order valence-corrected chi connectivity index (χ0v) is 17.0. The van der Waals surface area contributed by atoms with Gasteiger partial charge in [0.1, 0.15) is 0 Å². The van der Waals surface area contributed by atoms with Gasteiger partial charge < -0.3 is 9.84 Å². The van der Waals surface area contributed by atoms with Crippen LogP contribution >= 0.6 is 0 Å². The number of esters is 1. The molecule has 0 radical (unpaired) electrons. The fraction of sp³-hybridized carbons (Fsp3) is 0.889. The summed E-state index contributed by atoms with van der Waals surface area (Å²) < 4.78 is 38.3. The van der Waals surface area contributed by atoms with Gasteiger partial charge in [0.05, 0.1) is 13.0 Å². The molecule has 0 aromatic heterocycles. The van der Waals surface area contributed by atoms with E-state index in [2.05, 4.69) is 11.1 Å². The lowest BCUT2D eigenvalue weighted by Gasteiger charge is -2.10. The quantitative estimate of drug-likeness (QED) is 0.198. The summed E-state index contributed by atoms with van der Waals surface area (Å²) in [5.41, 5.74) is 0. The average Bonchev–Trinajstić information content (AvgIpc) is 2.57. The average molecular weight is 411 g/mol. The van der Waals surface area contributed by atoms with Crippen molar-refractivity contribution in [1.29, 1.82) is 0 Å². The Bertz CT molecular complexity index is 503. The van der Waals surface area contributed by atoms with Gasteiger partial charge in [-0.05, 0) is 6.42 Å². The first kappa shape index (κ1) is 25.8. The third-order valence-electron chi connectivity index (χ3n) is 4.13. The predicted octanol–water partition coefficient (Wildman–Crippen LogP) is 3.89. The minimum atomic E-state index is -4.95. The van der Waals surface area contributed by atoms with Gasteiger partial charge in [-0.15, -0.1) is 0 Å². The number of unbranched alkanes of at least 4 members (excludes halogenated alkanes) is 11. The number of hydrogen-bond donors (Lipinski definition) is 2. The number of hydrogen-bond acceptors (Lipinski definition) is 6. The molecule has 0 aliphatic heterocycles. The van der Waals surface area contributed by atoms with Crippen LogP contribution in [-0.2, 0) is 28.9 Å². The minimum absolute atomic E-state index is 0.147. The van der Waals surface area contributed by atoms with Crippen molar-refractivity contribution in [2.75, 3.05) is 6.61 Å². The summed E-state index contributed by atoms with van der Waals surface area (Å²) in [5.74, 6) is -2.55. The number of aliphatic carboxylic acids is 1. The van der Waals surface area contributed by atoms with Crippen molar-refractivity contribution < 1.29 is 36.6 Å². The van der Waals surface area contributed by atoms with Gasteiger partial charge in [0.25, 0.3) is 0 Å². The monoisotopic (exact) mass is 410 g/mol. The van der Waals surface area contributed by atoms with Crippen LogP contribution in [0.25, 0.3) is 0 Å². The van der Waals surface area contributed by atoms with Gasteiger partial charge in [0, 0.05) is 0 Å². The van der Waals surface area contributed by atoms with Crippen LogP contribution in [0.15, 0.2) is 0 Å². The van der Waals surface area contributed by atoms with Crippen LogP contribution in [0.3, 0.4) is 0 Å². The van der Waals surface area contributed by atoms with Crippen LogP contribution in [0.5, 0.6) is 0 Å². The molecule has 0 aromatic rings. The lowest BCUT2D eigenvalue weighted by atomic mass is 10.1. The van der Waals surface area contributed by atoms with Crippen LogP contribution in [0.4, 0.5) is 0 Å². The highest BCUT2D eigenvalue weighted by Crippen LogP contribution is 2.12. The van der Waals surface area contributed by atoms with E-state index in [0.717, 1.165) is 19.3 Å². The highest BCUT2D eigenvalue weighted by Gasteiger charge is 2.28. The van der Waals surface area contributed by atoms with E-state index in [9.17, 15) is 18.0 Å². The molecule has 1 atom stereocenters. The number of carboxylic acid groups (broad SMARTS) is 1. The van der Waals surface area contributed by atoms with E-state index in [4.69, 9.17) is 14.4 Å². The molecule has 160 valence electrons. The maximum absolute atomic E-state index is 11.5. The van der Waals surface area contributed by atoms with Crippen molar-refractivity contribution in [3.63, 3.8) is 0 Å². The van der Waals surface area contributed by atoms with Gasteiger partial charge in [0.15, 0.2) is 6.10 Å². The molecule has 0 fully saturated rings. The Balaban J connectivity index is 3.58. The molecule has 0 aliphatic carbocycles. The summed E-state index contributed by atoms with van der Waals surface area (Å²) in [6, 6.07) is 0. The Morgan fingerprint density at radius 1 is 0.852 bits per heavy atom. The Labute approximate surface area is 162 Å². The second-order valence-electron chi connectivity index (χ2n) is 6.66. The Morgan fingerprint density at radius 3 is 1.70 bits per heavy atom. The van der Waals surface area contributed by atoms with E-state index >= 15 is 0 Å². The molecule has 9 heteroatoms. The van der Waals surface area contributed by atoms with Crippen LogP contribution in [-0.4, -0.2) is 42.7 Å². The van der Waals surface area contributed by atoms with E-state index < -0.39 is 34.9 Å². The Hall–Kier alpha value is -1.19. The summed E-state index contributed by atoms with van der Waals surface area (Å²) in [6.45, 7) is 2.36. The highest BCUT2D eigenvalue weighted by atomic mass is 32.3. The fourth-order valence-electron chi connectivity index (χ4n) is 2.65. The summed E-state index contributed by atoms with van der Waals surface area (Å²) in [4.78, 5) is 22.3. The summed E-state index contributed by atoms with van der Waals surface area (Å²) in [6.07, 6.45) is 11.3. The van der Waals surface area contributed by atoms with Crippen LogP contribution in [0.2, 0.25) is 0 Å². The SMILES string of the molecule is CCCCCCCCCCCCCCOC(=O)CC(OS(=O)(=O)O)C(=O)O. The lowest BCUT2D eigenvalue weighted by molar-refractivity contribution is -0.154. The Morgan fingerprint density at radius 2 is 1.30 bits per heavy atom. The molecule has 0 amide bonds. The summed E-state index contributed by atoms with van der Waals surface area (Å²) in [7, 11) is -4.95. The molecule has 0 bridgehead atoms. The minimum Gasteiger partial charge on any atom is -0.479 e. The van der Waals surface area contributed by atoms with E-state index in [-0.39, 0.29) is 6.61 Å². The first-order chi connectivity index (χ1) is 12.8. The van der Waals surface area contributed by atoms with Gasteiger partial charge in [-0.25, -0.2) is 8.98 Å². The molecule has 0 rings (SSSR count). The van der Waals surface area contributed by atoms with Crippen molar-refractivity contribution in [2.45, 2.75) is 96.5 Å². The van der Waals surface area contributed by atoms with Gasteiger partial charge in [-0.1, -0.05) is 77.6 Å². The molecule has 0 spiro atoms.